The third kappa shape index (κ3) is 1.42. The van der Waals surface area contributed by atoms with Gasteiger partial charge in [0.25, 0.3) is 0 Å². The van der Waals surface area contributed by atoms with Crippen LogP contribution in [0.2, 0.25) is 0 Å². The van der Waals surface area contributed by atoms with Crippen molar-refractivity contribution < 1.29 is 30.7 Å². The average molecular weight is 217 g/mol. The van der Waals surface area contributed by atoms with E-state index >= 15 is 0 Å². The van der Waals surface area contributed by atoms with E-state index in [4.69, 9.17) is 0 Å². The van der Waals surface area contributed by atoms with Gasteiger partial charge in [-0.05, 0) is 0 Å². The molecule has 0 aliphatic carbocycles. The van der Waals surface area contributed by atoms with Gasteiger partial charge in [-0.3, -0.25) is 0 Å². The zero-order chi connectivity index (χ0) is 11.0. The van der Waals surface area contributed by atoms with E-state index in [1.165, 1.54) is 0 Å². The quantitative estimate of drug-likeness (QED) is 0.385. The van der Waals surface area contributed by atoms with Crippen molar-refractivity contribution in [3.05, 3.63) is 41.1 Å². The molecule has 0 amide bonds. The Morgan fingerprint density at radius 1 is 0.571 bits per heavy atom. The largest absolute Gasteiger partial charge is 0.345 e. The van der Waals surface area contributed by atoms with Gasteiger partial charge in [0.15, 0.2) is 23.3 Å². The first-order valence-corrected chi connectivity index (χ1v) is 3.07. The van der Waals surface area contributed by atoms with E-state index in [0.29, 0.717) is 0 Å². The Labute approximate surface area is 73.0 Å². The topological polar surface area (TPSA) is 0 Å². The van der Waals surface area contributed by atoms with Gasteiger partial charge in [0.1, 0.15) is 5.56 Å². The Hall–Kier alpha value is -1.27. The van der Waals surface area contributed by atoms with E-state index in [2.05, 4.69) is 0 Å². The van der Waals surface area contributed by atoms with Gasteiger partial charge in [-0.2, -0.15) is 8.78 Å². The highest BCUT2D eigenvalue weighted by Gasteiger charge is 2.31. The van der Waals surface area contributed by atoms with Crippen LogP contribution in [0.5, 0.6) is 0 Å². The molecule has 77 valence electrons. The second kappa shape index (κ2) is 3.47. The second-order valence-electron chi connectivity index (χ2n) is 2.21. The van der Waals surface area contributed by atoms with Gasteiger partial charge >= 0.3 is 6.43 Å². The van der Waals surface area contributed by atoms with Crippen LogP contribution in [-0.4, -0.2) is 0 Å². The summed E-state index contributed by atoms with van der Waals surface area (Å²) in [5, 5.41) is 0. The molecule has 0 saturated heterocycles. The number of benzene rings is 1. The van der Waals surface area contributed by atoms with Crippen molar-refractivity contribution in [2.45, 2.75) is 0 Å². The summed E-state index contributed by atoms with van der Waals surface area (Å²) in [6.45, 7) is 0. The van der Waals surface area contributed by atoms with Crippen LogP contribution in [0.3, 0.4) is 0 Å². The monoisotopic (exact) mass is 217 g/mol. The molecular formula is C7F7. The minimum atomic E-state index is -2.97. The molecule has 0 N–H and O–H groups in total. The number of halogens is 7. The molecule has 1 aromatic rings. The van der Waals surface area contributed by atoms with Crippen molar-refractivity contribution >= 4 is 0 Å². The fourth-order valence-corrected chi connectivity index (χ4v) is 0.771. The lowest BCUT2D eigenvalue weighted by molar-refractivity contribution is 0.291. The fraction of sp³-hybridized carbons (Fsp3) is 0. The fourth-order valence-electron chi connectivity index (χ4n) is 0.771. The first-order chi connectivity index (χ1) is 6.37. The first kappa shape index (κ1) is 10.8. The summed E-state index contributed by atoms with van der Waals surface area (Å²) in [4.78, 5) is 0. The van der Waals surface area contributed by atoms with Crippen molar-refractivity contribution in [1.29, 1.82) is 0 Å². The maximum Gasteiger partial charge on any atom is 0.345 e. The van der Waals surface area contributed by atoms with Crippen LogP contribution in [0.25, 0.3) is 0 Å². The molecule has 1 rings (SSSR count). The third-order valence-corrected chi connectivity index (χ3v) is 1.40. The van der Waals surface area contributed by atoms with E-state index in [1.807, 2.05) is 0 Å². The van der Waals surface area contributed by atoms with Gasteiger partial charge in [0.2, 0.25) is 5.82 Å². The Balaban J connectivity index is 3.60. The summed E-state index contributed by atoms with van der Waals surface area (Å²) in [6, 6.07) is 0. The molecule has 0 spiro atoms. The van der Waals surface area contributed by atoms with Gasteiger partial charge < -0.3 is 0 Å². The zero-order valence-corrected chi connectivity index (χ0v) is 6.15. The standard InChI is InChI=1S/C7F7/c8-2-1(7(13)14)3(9)5(11)6(12)4(2)10. The molecule has 0 unspecified atom stereocenters. The number of rotatable bonds is 1. The van der Waals surface area contributed by atoms with Crippen molar-refractivity contribution in [3.63, 3.8) is 0 Å². The van der Waals surface area contributed by atoms with Gasteiger partial charge in [-0.25, -0.2) is 22.0 Å². The molecule has 0 aliphatic heterocycles. The Morgan fingerprint density at radius 2 is 0.857 bits per heavy atom. The summed E-state index contributed by atoms with van der Waals surface area (Å²) >= 11 is 0. The van der Waals surface area contributed by atoms with Crippen LogP contribution >= 0.6 is 0 Å². The molecular weight excluding hydrogens is 217 g/mol. The number of hydrogen-bond donors (Lipinski definition) is 0. The minimum absolute atomic E-state index is 2.19. The highest BCUT2D eigenvalue weighted by atomic mass is 19.3. The molecule has 0 bridgehead atoms. The van der Waals surface area contributed by atoms with Crippen LogP contribution < -0.4 is 0 Å². The lowest BCUT2D eigenvalue weighted by atomic mass is 10.2. The van der Waals surface area contributed by atoms with Crippen LogP contribution in [0.4, 0.5) is 30.7 Å². The Kier molecular flexibility index (Phi) is 2.68. The highest BCUT2D eigenvalue weighted by molar-refractivity contribution is 5.30. The van der Waals surface area contributed by atoms with Crippen molar-refractivity contribution in [1.82, 2.24) is 0 Å². The highest BCUT2D eigenvalue weighted by Crippen LogP contribution is 2.29. The third-order valence-electron chi connectivity index (χ3n) is 1.40. The molecule has 7 heteroatoms. The maximum atomic E-state index is 12.4. The molecule has 0 aromatic heterocycles. The Morgan fingerprint density at radius 3 is 1.14 bits per heavy atom. The first-order valence-electron chi connectivity index (χ1n) is 3.07. The van der Waals surface area contributed by atoms with E-state index in [1.54, 1.807) is 0 Å². The van der Waals surface area contributed by atoms with Crippen LogP contribution in [-0.2, 0) is 0 Å². The normalized spacial score (nSPS) is 11.1. The molecule has 0 fully saturated rings. The lowest BCUT2D eigenvalue weighted by Gasteiger charge is -2.05. The predicted molar refractivity (Wildman–Crippen MR) is 30.8 cm³/mol. The maximum absolute atomic E-state index is 12.4. The predicted octanol–water partition coefficient (Wildman–Crippen LogP) is 3.16. The molecule has 0 saturated carbocycles. The average Bonchev–Trinajstić information content (AvgIpc) is 2.11. The molecule has 0 nitrogen and oxygen atoms in total. The summed E-state index contributed by atoms with van der Waals surface area (Å²) < 4.78 is 85.2. The molecule has 0 heterocycles. The minimum Gasteiger partial charge on any atom is -0.203 e. The molecule has 14 heavy (non-hydrogen) atoms. The van der Waals surface area contributed by atoms with Crippen LogP contribution in [0.15, 0.2) is 0 Å². The van der Waals surface area contributed by atoms with Gasteiger partial charge in [-0.1, -0.05) is 0 Å². The van der Waals surface area contributed by atoms with Gasteiger partial charge in [0, 0.05) is 0 Å². The van der Waals surface area contributed by atoms with Crippen LogP contribution in [0.1, 0.15) is 5.56 Å². The summed E-state index contributed by atoms with van der Waals surface area (Å²) in [6.07, 6.45) is -2.97. The molecule has 0 aliphatic rings. The van der Waals surface area contributed by atoms with Gasteiger partial charge in [0.05, 0.1) is 0 Å². The van der Waals surface area contributed by atoms with Crippen molar-refractivity contribution in [3.8, 4) is 0 Å². The second-order valence-corrected chi connectivity index (χ2v) is 2.21. The smallest absolute Gasteiger partial charge is 0.203 e. The van der Waals surface area contributed by atoms with Crippen molar-refractivity contribution in [2.24, 2.45) is 0 Å². The zero-order valence-electron chi connectivity index (χ0n) is 6.15. The summed E-state index contributed by atoms with van der Waals surface area (Å²) in [5.41, 5.74) is -2.19. The van der Waals surface area contributed by atoms with E-state index in [0.717, 1.165) is 0 Å². The molecule has 0 atom stereocenters. The molecule has 1 aromatic carbocycles. The molecule has 1 radical (unpaired) electrons. The van der Waals surface area contributed by atoms with E-state index < -0.39 is 41.1 Å². The van der Waals surface area contributed by atoms with Crippen molar-refractivity contribution in [2.75, 3.05) is 0 Å². The number of hydrogen-bond acceptors (Lipinski definition) is 0. The van der Waals surface area contributed by atoms with E-state index in [9.17, 15) is 30.7 Å². The summed E-state index contributed by atoms with van der Waals surface area (Å²) in [5.74, 6) is -12.3. The van der Waals surface area contributed by atoms with Gasteiger partial charge in [-0.15, -0.1) is 0 Å². The SMILES string of the molecule is F[C](F)c1c(F)c(F)c(F)c(F)c1F. The van der Waals surface area contributed by atoms with Crippen LogP contribution in [0, 0.1) is 35.5 Å². The lowest BCUT2D eigenvalue weighted by Crippen LogP contribution is -2.07. The van der Waals surface area contributed by atoms with E-state index in [-0.39, 0.29) is 0 Å². The summed E-state index contributed by atoms with van der Waals surface area (Å²) in [7, 11) is 0. The Bertz CT molecular complexity index is 342.